The molecule has 1 aliphatic rings. The molecule has 1 aromatic carbocycles. The van der Waals surface area contributed by atoms with E-state index < -0.39 is 0 Å². The number of carbonyl (C=O) groups is 1. The van der Waals surface area contributed by atoms with E-state index >= 15 is 0 Å². The number of benzene rings is 1. The topological polar surface area (TPSA) is 67.3 Å². The molecule has 126 valence electrons. The number of amides is 1. The minimum atomic E-state index is -0.0824. The largest absolute Gasteiger partial charge is 0.489 e. The Morgan fingerprint density at radius 2 is 2.04 bits per heavy atom. The Morgan fingerprint density at radius 3 is 2.75 bits per heavy atom. The number of aromatic nitrogens is 2. The molecule has 24 heavy (non-hydrogen) atoms. The lowest BCUT2D eigenvalue weighted by atomic mass is 10.1. The van der Waals surface area contributed by atoms with Crippen LogP contribution in [0.3, 0.4) is 0 Å². The molecule has 7 heteroatoms. The van der Waals surface area contributed by atoms with E-state index in [1.165, 1.54) is 0 Å². The second kappa shape index (κ2) is 8.08. The maximum Gasteiger partial charge on any atom is 0.239 e. The van der Waals surface area contributed by atoms with Crippen molar-refractivity contribution in [3.05, 3.63) is 47.6 Å². The van der Waals surface area contributed by atoms with Gasteiger partial charge >= 0.3 is 0 Å². The molecule has 2 heterocycles. The quantitative estimate of drug-likeness (QED) is 0.901. The van der Waals surface area contributed by atoms with Crippen molar-refractivity contribution >= 4 is 23.3 Å². The number of nitrogens with one attached hydrogen (secondary N) is 1. The summed E-state index contributed by atoms with van der Waals surface area (Å²) in [6.45, 7) is 1.96. The third kappa shape index (κ3) is 4.66. The second-order valence-electron chi connectivity index (χ2n) is 5.68. The van der Waals surface area contributed by atoms with Crippen molar-refractivity contribution < 1.29 is 9.53 Å². The first-order chi connectivity index (χ1) is 11.7. The molecule has 1 aliphatic heterocycles. The summed E-state index contributed by atoms with van der Waals surface area (Å²) in [4.78, 5) is 14.1. The number of ether oxygens (including phenoxy) is 1. The Kier molecular flexibility index (Phi) is 5.61. The van der Waals surface area contributed by atoms with Crippen molar-refractivity contribution in [3.63, 3.8) is 0 Å². The van der Waals surface area contributed by atoms with Crippen LogP contribution in [0.5, 0.6) is 5.75 Å². The summed E-state index contributed by atoms with van der Waals surface area (Å²) >= 11 is 6.12. The van der Waals surface area contributed by atoms with Gasteiger partial charge in [0.25, 0.3) is 0 Å². The van der Waals surface area contributed by atoms with Crippen LogP contribution in [0.25, 0.3) is 0 Å². The minimum Gasteiger partial charge on any atom is -0.489 e. The summed E-state index contributed by atoms with van der Waals surface area (Å²) in [5.74, 6) is 1.11. The predicted octanol–water partition coefficient (Wildman–Crippen LogP) is 2.61. The van der Waals surface area contributed by atoms with Gasteiger partial charge in [0.2, 0.25) is 5.91 Å². The number of halogens is 1. The van der Waals surface area contributed by atoms with Gasteiger partial charge in [0.1, 0.15) is 11.9 Å². The van der Waals surface area contributed by atoms with Crippen molar-refractivity contribution in [1.29, 1.82) is 0 Å². The third-order valence-electron chi connectivity index (χ3n) is 3.87. The average molecular weight is 347 g/mol. The van der Waals surface area contributed by atoms with Crippen LogP contribution < -0.4 is 10.1 Å². The van der Waals surface area contributed by atoms with Gasteiger partial charge in [-0.05, 0) is 37.1 Å². The fraction of sp³-hybridized carbons (Fsp3) is 0.353. The second-order valence-corrected chi connectivity index (χ2v) is 6.09. The van der Waals surface area contributed by atoms with Crippen LogP contribution in [0, 0.1) is 0 Å². The van der Waals surface area contributed by atoms with Crippen molar-refractivity contribution in [1.82, 2.24) is 15.1 Å². The molecule has 0 unspecified atom stereocenters. The number of carbonyl (C=O) groups excluding carboxylic acids is 1. The third-order valence-corrected chi connectivity index (χ3v) is 4.18. The van der Waals surface area contributed by atoms with E-state index in [4.69, 9.17) is 16.3 Å². The zero-order valence-electron chi connectivity index (χ0n) is 13.2. The number of hydrogen-bond acceptors (Lipinski definition) is 5. The number of likely N-dealkylation sites (tertiary alicyclic amines) is 1. The predicted molar refractivity (Wildman–Crippen MR) is 92.2 cm³/mol. The van der Waals surface area contributed by atoms with Gasteiger partial charge in [-0.3, -0.25) is 9.69 Å². The molecular weight excluding hydrogens is 328 g/mol. The standard InChI is InChI=1S/C17H19ClN4O2/c18-14-4-1-2-5-15(14)24-13-7-10-22(11-8-13)12-17(23)20-16-6-3-9-19-21-16/h1-6,9,13H,7-8,10-12H2,(H,20,21,23). The van der Waals surface area contributed by atoms with E-state index in [9.17, 15) is 4.79 Å². The van der Waals surface area contributed by atoms with E-state index in [1.54, 1.807) is 18.3 Å². The number of nitrogens with zero attached hydrogens (tertiary/aromatic N) is 3. The smallest absolute Gasteiger partial charge is 0.239 e. The molecular formula is C17H19ClN4O2. The first-order valence-corrected chi connectivity index (χ1v) is 8.29. The molecule has 0 atom stereocenters. The van der Waals surface area contributed by atoms with Gasteiger partial charge in [-0.25, -0.2) is 0 Å². The number of rotatable bonds is 5. The molecule has 1 aromatic heterocycles. The lowest BCUT2D eigenvalue weighted by Crippen LogP contribution is -2.42. The highest BCUT2D eigenvalue weighted by molar-refractivity contribution is 6.32. The van der Waals surface area contributed by atoms with Crippen molar-refractivity contribution in [2.45, 2.75) is 18.9 Å². The Hall–Kier alpha value is -2.18. The molecule has 0 saturated carbocycles. The van der Waals surface area contributed by atoms with Crippen LogP contribution in [0.2, 0.25) is 5.02 Å². The summed E-state index contributed by atoms with van der Waals surface area (Å²) in [5.41, 5.74) is 0. The number of piperidine rings is 1. The zero-order chi connectivity index (χ0) is 16.8. The molecule has 6 nitrogen and oxygen atoms in total. The summed E-state index contributed by atoms with van der Waals surface area (Å²) in [6, 6.07) is 10.9. The molecule has 1 amide bonds. The highest BCUT2D eigenvalue weighted by Gasteiger charge is 2.22. The van der Waals surface area contributed by atoms with E-state index in [-0.39, 0.29) is 12.0 Å². The minimum absolute atomic E-state index is 0.0824. The Morgan fingerprint density at radius 1 is 1.25 bits per heavy atom. The highest BCUT2D eigenvalue weighted by atomic mass is 35.5. The summed E-state index contributed by atoms with van der Waals surface area (Å²) in [5, 5.41) is 11.0. The van der Waals surface area contributed by atoms with Gasteiger partial charge in [-0.2, -0.15) is 5.10 Å². The van der Waals surface area contributed by atoms with Crippen LogP contribution in [-0.2, 0) is 4.79 Å². The molecule has 0 bridgehead atoms. The van der Waals surface area contributed by atoms with Gasteiger partial charge in [0.15, 0.2) is 5.82 Å². The summed E-state index contributed by atoms with van der Waals surface area (Å²) < 4.78 is 5.96. The van der Waals surface area contributed by atoms with Crippen molar-refractivity contribution in [2.75, 3.05) is 25.0 Å². The lowest BCUT2D eigenvalue weighted by Gasteiger charge is -2.31. The summed E-state index contributed by atoms with van der Waals surface area (Å²) in [6.07, 6.45) is 3.43. The van der Waals surface area contributed by atoms with Gasteiger partial charge in [-0.15, -0.1) is 5.10 Å². The zero-order valence-corrected chi connectivity index (χ0v) is 13.9. The fourth-order valence-corrected chi connectivity index (χ4v) is 2.84. The lowest BCUT2D eigenvalue weighted by molar-refractivity contribution is -0.117. The summed E-state index contributed by atoms with van der Waals surface area (Å²) in [7, 11) is 0. The van der Waals surface area contributed by atoms with Crippen LogP contribution in [0.15, 0.2) is 42.6 Å². The van der Waals surface area contributed by atoms with Crippen LogP contribution in [-0.4, -0.2) is 46.7 Å². The van der Waals surface area contributed by atoms with E-state index in [1.807, 2.05) is 24.3 Å². The van der Waals surface area contributed by atoms with Gasteiger partial charge in [0, 0.05) is 19.3 Å². The molecule has 0 spiro atoms. The van der Waals surface area contributed by atoms with Gasteiger partial charge in [-0.1, -0.05) is 23.7 Å². The molecule has 2 aromatic rings. The van der Waals surface area contributed by atoms with Crippen LogP contribution in [0.1, 0.15) is 12.8 Å². The maximum atomic E-state index is 12.0. The van der Waals surface area contributed by atoms with E-state index in [0.29, 0.717) is 17.4 Å². The molecule has 0 radical (unpaired) electrons. The number of hydrogen-bond donors (Lipinski definition) is 1. The SMILES string of the molecule is O=C(CN1CCC(Oc2ccccc2Cl)CC1)Nc1cccnn1. The Balaban J connectivity index is 1.43. The number of anilines is 1. The average Bonchev–Trinajstić information content (AvgIpc) is 2.59. The number of para-hydroxylation sites is 1. The monoisotopic (exact) mass is 346 g/mol. The Labute approximate surface area is 145 Å². The van der Waals surface area contributed by atoms with E-state index in [0.717, 1.165) is 31.7 Å². The Bertz CT molecular complexity index is 675. The molecule has 0 aliphatic carbocycles. The van der Waals surface area contributed by atoms with E-state index in [2.05, 4.69) is 20.4 Å². The highest BCUT2D eigenvalue weighted by Crippen LogP contribution is 2.26. The first kappa shape index (κ1) is 16.7. The maximum absolute atomic E-state index is 12.0. The first-order valence-electron chi connectivity index (χ1n) is 7.92. The molecule has 1 saturated heterocycles. The van der Waals surface area contributed by atoms with Crippen molar-refractivity contribution in [2.24, 2.45) is 0 Å². The molecule has 1 N–H and O–H groups in total. The van der Waals surface area contributed by atoms with Crippen LogP contribution in [0.4, 0.5) is 5.82 Å². The van der Waals surface area contributed by atoms with Crippen LogP contribution >= 0.6 is 11.6 Å². The fourth-order valence-electron chi connectivity index (χ4n) is 2.66. The normalized spacial score (nSPS) is 15.9. The van der Waals surface area contributed by atoms with Gasteiger partial charge in [0.05, 0.1) is 11.6 Å². The van der Waals surface area contributed by atoms with Crippen molar-refractivity contribution in [3.8, 4) is 5.75 Å². The molecule has 1 fully saturated rings. The molecule has 3 rings (SSSR count). The van der Waals surface area contributed by atoms with Gasteiger partial charge < -0.3 is 10.1 Å².